The summed E-state index contributed by atoms with van der Waals surface area (Å²) >= 11 is 0. The van der Waals surface area contributed by atoms with Gasteiger partial charge < -0.3 is 20.5 Å². The Balaban J connectivity index is 1.80. The third kappa shape index (κ3) is 10.6. The zero-order chi connectivity index (χ0) is 30.0. The van der Waals surface area contributed by atoms with Crippen LogP contribution >= 0.6 is 0 Å². The molecule has 0 aromatic heterocycles. The lowest BCUT2D eigenvalue weighted by molar-refractivity contribution is 0.0792. The van der Waals surface area contributed by atoms with Crippen molar-refractivity contribution < 1.29 is 23.1 Å². The van der Waals surface area contributed by atoms with Gasteiger partial charge in [-0.25, -0.2) is 8.42 Å². The van der Waals surface area contributed by atoms with Crippen molar-refractivity contribution in [2.75, 3.05) is 30.8 Å². The summed E-state index contributed by atoms with van der Waals surface area (Å²) in [6, 6.07) is 12.8. The van der Waals surface area contributed by atoms with E-state index in [1.54, 1.807) is 18.2 Å². The van der Waals surface area contributed by atoms with E-state index in [0.29, 0.717) is 55.0 Å². The van der Waals surface area contributed by atoms with Crippen LogP contribution in [0.25, 0.3) is 0 Å². The number of sulfonamides is 1. The van der Waals surface area contributed by atoms with Crippen molar-refractivity contribution in [3.63, 3.8) is 0 Å². The van der Waals surface area contributed by atoms with Crippen molar-refractivity contribution in [3.05, 3.63) is 59.2 Å². The lowest BCUT2D eigenvalue weighted by atomic mass is 9.92. The van der Waals surface area contributed by atoms with E-state index >= 15 is 0 Å². The van der Waals surface area contributed by atoms with Gasteiger partial charge in [-0.2, -0.15) is 0 Å². The molecule has 0 radical (unpaired) electrons. The Kier molecular flexibility index (Phi) is 12.5. The summed E-state index contributed by atoms with van der Waals surface area (Å²) in [5, 5.41) is 17.7. The van der Waals surface area contributed by atoms with Gasteiger partial charge in [0.05, 0.1) is 30.7 Å². The van der Waals surface area contributed by atoms with Gasteiger partial charge in [-0.3, -0.25) is 9.10 Å². The molecular weight excluding hydrogens is 538 g/mol. The molecule has 8 nitrogen and oxygen atoms in total. The van der Waals surface area contributed by atoms with Crippen LogP contribution in [0.4, 0.5) is 5.69 Å². The van der Waals surface area contributed by atoms with Crippen LogP contribution < -0.4 is 19.7 Å². The number of carbonyl (C=O) groups excluding carboxylic acids is 1. The number of amides is 1. The number of hydrogen-bond donors (Lipinski definition) is 3. The maximum absolute atomic E-state index is 13.5. The van der Waals surface area contributed by atoms with Crippen LogP contribution in [0.1, 0.15) is 93.1 Å². The van der Waals surface area contributed by atoms with Crippen molar-refractivity contribution in [1.82, 2.24) is 10.6 Å². The summed E-state index contributed by atoms with van der Waals surface area (Å²) in [7, 11) is -2.08. The number of nitrogens with zero attached hydrogens (tertiary/aromatic N) is 1. The third-order valence-corrected chi connectivity index (χ3v) is 9.07. The molecule has 2 aromatic carbocycles. The first-order valence-corrected chi connectivity index (χ1v) is 16.8. The van der Waals surface area contributed by atoms with Crippen molar-refractivity contribution in [2.45, 2.75) is 90.3 Å². The van der Waals surface area contributed by atoms with Crippen LogP contribution in [-0.2, 0) is 16.6 Å². The van der Waals surface area contributed by atoms with Gasteiger partial charge in [0.15, 0.2) is 0 Å². The Morgan fingerprint density at radius 3 is 2.56 bits per heavy atom. The molecule has 3 N–H and O–H groups in total. The smallest absolute Gasteiger partial charge is 0.251 e. The highest BCUT2D eigenvalue weighted by molar-refractivity contribution is 7.92. The average molecular weight is 588 g/mol. The molecule has 0 saturated heterocycles. The molecule has 9 heteroatoms. The number of benzene rings is 2. The van der Waals surface area contributed by atoms with Gasteiger partial charge >= 0.3 is 0 Å². The minimum absolute atomic E-state index is 0.295. The van der Waals surface area contributed by atoms with Crippen LogP contribution in [0, 0.1) is 5.92 Å². The average Bonchev–Trinajstić information content (AvgIpc) is 2.92. The highest BCUT2D eigenvalue weighted by Crippen LogP contribution is 2.26. The van der Waals surface area contributed by atoms with Crippen LogP contribution in [-0.4, -0.2) is 58.0 Å². The quantitative estimate of drug-likeness (QED) is 0.391. The number of anilines is 1. The van der Waals surface area contributed by atoms with Crippen molar-refractivity contribution >= 4 is 21.6 Å². The number of nitrogens with one attached hydrogen (secondary N) is 2. The standard InChI is InChI=1S/C32H49N3O5S/c1-23(2)26-14-11-13-25(17-26)21-33-22-31(36)30-16-24(3)12-9-7-6-8-10-15-40-29-19-27(32(37)34-30)18-28(20-29)35(4)41(5,38)39/h11,13-14,17-20,23-24,30-31,33,36H,6-10,12,15-16,21-22H2,1-5H3,(H,34,37)/t24-,30+,31-/m1/s1. The Morgan fingerprint density at radius 2 is 1.83 bits per heavy atom. The fourth-order valence-electron chi connectivity index (χ4n) is 5.17. The molecule has 1 heterocycles. The predicted molar refractivity (Wildman–Crippen MR) is 166 cm³/mol. The normalized spacial score (nSPS) is 20.2. The third-order valence-electron chi connectivity index (χ3n) is 7.86. The summed E-state index contributed by atoms with van der Waals surface area (Å²) < 4.78 is 31.6. The van der Waals surface area contributed by atoms with Gasteiger partial charge in [-0.1, -0.05) is 77.1 Å². The topological polar surface area (TPSA) is 108 Å². The number of carbonyl (C=O) groups is 1. The van der Waals surface area contributed by atoms with E-state index in [1.807, 2.05) is 0 Å². The van der Waals surface area contributed by atoms with E-state index in [9.17, 15) is 18.3 Å². The molecule has 2 aromatic rings. The molecule has 228 valence electrons. The molecule has 0 aliphatic carbocycles. The van der Waals surface area contributed by atoms with E-state index in [1.165, 1.54) is 12.6 Å². The molecule has 1 aliphatic heterocycles. The monoisotopic (exact) mass is 587 g/mol. The minimum atomic E-state index is -3.54. The van der Waals surface area contributed by atoms with E-state index < -0.39 is 22.2 Å². The maximum Gasteiger partial charge on any atom is 0.251 e. The Morgan fingerprint density at radius 1 is 1.10 bits per heavy atom. The molecule has 2 bridgehead atoms. The molecule has 1 aliphatic rings. The summed E-state index contributed by atoms with van der Waals surface area (Å²) in [6.07, 6.45) is 7.33. The van der Waals surface area contributed by atoms with Gasteiger partial charge in [0.2, 0.25) is 10.0 Å². The van der Waals surface area contributed by atoms with Gasteiger partial charge in [-0.15, -0.1) is 0 Å². The SMILES string of the molecule is CC(C)c1cccc(CNC[C@@H](O)[C@@H]2C[C@H](C)CCCCCCCOc3cc(cc(N(C)S(C)(=O)=O)c3)C(=O)N2)c1. The molecule has 0 spiro atoms. The van der Waals surface area contributed by atoms with Crippen LogP contribution in [0.2, 0.25) is 0 Å². The summed E-state index contributed by atoms with van der Waals surface area (Å²) in [5.74, 6) is 0.849. The summed E-state index contributed by atoms with van der Waals surface area (Å²) in [5.41, 5.74) is 3.07. The molecular formula is C32H49N3O5S. The second-order valence-electron chi connectivity index (χ2n) is 11.9. The molecule has 0 fully saturated rings. The molecule has 3 atom stereocenters. The summed E-state index contributed by atoms with van der Waals surface area (Å²) in [6.45, 7) is 7.95. The molecule has 0 unspecified atom stereocenters. The molecule has 41 heavy (non-hydrogen) atoms. The van der Waals surface area contributed by atoms with Crippen molar-refractivity contribution in [1.29, 1.82) is 0 Å². The molecule has 3 rings (SSSR count). The highest BCUT2D eigenvalue weighted by Gasteiger charge is 2.25. The first-order chi connectivity index (χ1) is 19.4. The molecule has 1 amide bonds. The largest absolute Gasteiger partial charge is 0.493 e. The van der Waals surface area contributed by atoms with E-state index in [4.69, 9.17) is 4.74 Å². The van der Waals surface area contributed by atoms with E-state index in [2.05, 4.69) is 55.7 Å². The number of aliphatic hydroxyl groups is 1. The predicted octanol–water partition coefficient (Wildman–Crippen LogP) is 5.21. The second-order valence-corrected chi connectivity index (χ2v) is 13.9. The Labute approximate surface area is 246 Å². The summed E-state index contributed by atoms with van der Waals surface area (Å²) in [4.78, 5) is 13.5. The van der Waals surface area contributed by atoms with Gasteiger partial charge in [0.25, 0.3) is 5.91 Å². The number of hydrogen-bond acceptors (Lipinski definition) is 6. The van der Waals surface area contributed by atoms with E-state index in [-0.39, 0.29) is 5.91 Å². The second kappa shape index (κ2) is 15.6. The number of ether oxygens (including phenoxy) is 1. The lowest BCUT2D eigenvalue weighted by Gasteiger charge is -2.28. The Hall–Kier alpha value is -2.62. The maximum atomic E-state index is 13.5. The van der Waals surface area contributed by atoms with Gasteiger partial charge in [0.1, 0.15) is 5.75 Å². The van der Waals surface area contributed by atoms with Crippen molar-refractivity contribution in [2.24, 2.45) is 5.92 Å². The number of fused-ring (bicyclic) bond motifs is 2. The number of aliphatic hydroxyl groups excluding tert-OH is 1. The zero-order valence-electron chi connectivity index (χ0n) is 25.4. The lowest BCUT2D eigenvalue weighted by Crippen LogP contribution is -2.48. The zero-order valence-corrected chi connectivity index (χ0v) is 26.2. The minimum Gasteiger partial charge on any atom is -0.493 e. The van der Waals surface area contributed by atoms with Crippen LogP contribution in [0.3, 0.4) is 0 Å². The van der Waals surface area contributed by atoms with Gasteiger partial charge in [-0.05, 0) is 47.9 Å². The Bertz CT molecular complexity index is 1230. The molecule has 0 saturated carbocycles. The highest BCUT2D eigenvalue weighted by atomic mass is 32.2. The first-order valence-electron chi connectivity index (χ1n) is 14.9. The number of rotatable bonds is 8. The van der Waals surface area contributed by atoms with Gasteiger partial charge in [0, 0.05) is 31.8 Å². The fraction of sp³-hybridized carbons (Fsp3) is 0.594. The van der Waals surface area contributed by atoms with Crippen LogP contribution in [0.5, 0.6) is 5.75 Å². The van der Waals surface area contributed by atoms with Crippen molar-refractivity contribution in [3.8, 4) is 5.75 Å². The fourth-order valence-corrected chi connectivity index (χ4v) is 5.66. The first kappa shape index (κ1) is 32.9. The van der Waals surface area contributed by atoms with E-state index in [0.717, 1.165) is 54.6 Å². The van der Waals surface area contributed by atoms with Crippen LogP contribution in [0.15, 0.2) is 42.5 Å².